The zero-order valence-electron chi connectivity index (χ0n) is 15.6. The number of nitrogens with zero attached hydrogens (tertiary/aromatic N) is 3. The number of carbonyl (C=O) groups is 2. The first kappa shape index (κ1) is 21.4. The van der Waals surface area contributed by atoms with Crippen molar-refractivity contribution in [2.45, 2.75) is 12.1 Å². The molecule has 1 aromatic heterocycles. The quantitative estimate of drug-likeness (QED) is 0.489. The van der Waals surface area contributed by atoms with Crippen molar-refractivity contribution in [1.82, 2.24) is 14.8 Å². The van der Waals surface area contributed by atoms with E-state index in [1.54, 1.807) is 30.3 Å². The van der Waals surface area contributed by atoms with Crippen molar-refractivity contribution in [1.29, 1.82) is 0 Å². The fraction of sp³-hybridized carbons (Fsp3) is 0.158. The van der Waals surface area contributed by atoms with Crippen LogP contribution < -0.4 is 10.6 Å². The van der Waals surface area contributed by atoms with E-state index in [0.717, 1.165) is 10.0 Å². The second kappa shape index (κ2) is 9.43. The van der Waals surface area contributed by atoms with E-state index < -0.39 is 0 Å². The summed E-state index contributed by atoms with van der Waals surface area (Å²) < 4.78 is 2.66. The van der Waals surface area contributed by atoms with E-state index in [0.29, 0.717) is 27.4 Å². The molecule has 0 radical (unpaired) electrons. The Morgan fingerprint density at radius 2 is 1.86 bits per heavy atom. The van der Waals surface area contributed by atoms with E-state index in [1.807, 2.05) is 23.7 Å². The Hall–Kier alpha value is -2.36. The first-order valence-electron chi connectivity index (χ1n) is 8.48. The lowest BCUT2D eigenvalue weighted by Gasteiger charge is -2.08. The van der Waals surface area contributed by atoms with Crippen molar-refractivity contribution < 1.29 is 9.59 Å². The Morgan fingerprint density at radius 1 is 1.14 bits per heavy atom. The molecule has 0 bridgehead atoms. The van der Waals surface area contributed by atoms with E-state index in [1.165, 1.54) is 18.7 Å². The van der Waals surface area contributed by atoms with Gasteiger partial charge in [-0.1, -0.05) is 39.3 Å². The van der Waals surface area contributed by atoms with E-state index >= 15 is 0 Å². The lowest BCUT2D eigenvalue weighted by molar-refractivity contribution is -0.114. The minimum atomic E-state index is -0.191. The van der Waals surface area contributed by atoms with Gasteiger partial charge in [0, 0.05) is 29.7 Å². The van der Waals surface area contributed by atoms with Gasteiger partial charge in [0.2, 0.25) is 11.8 Å². The van der Waals surface area contributed by atoms with Gasteiger partial charge >= 0.3 is 0 Å². The van der Waals surface area contributed by atoms with Crippen molar-refractivity contribution >= 4 is 62.5 Å². The third-order valence-electron chi connectivity index (χ3n) is 3.84. The van der Waals surface area contributed by atoms with Gasteiger partial charge in [0.1, 0.15) is 0 Å². The molecule has 2 N–H and O–H groups in total. The summed E-state index contributed by atoms with van der Waals surface area (Å²) in [6, 6.07) is 12.6. The monoisotopic (exact) mass is 493 g/mol. The van der Waals surface area contributed by atoms with Gasteiger partial charge in [0.15, 0.2) is 11.0 Å². The molecule has 150 valence electrons. The van der Waals surface area contributed by atoms with E-state index in [2.05, 4.69) is 36.8 Å². The van der Waals surface area contributed by atoms with Crippen molar-refractivity contribution in [3.8, 4) is 11.4 Å². The average Bonchev–Trinajstić information content (AvgIpc) is 3.03. The zero-order valence-corrected chi connectivity index (χ0v) is 18.7. The van der Waals surface area contributed by atoms with Crippen molar-refractivity contribution in [3.63, 3.8) is 0 Å². The third-order valence-corrected chi connectivity index (χ3v) is 5.66. The number of benzene rings is 2. The van der Waals surface area contributed by atoms with Crippen LogP contribution in [0.25, 0.3) is 11.4 Å². The average molecular weight is 495 g/mol. The Balaban J connectivity index is 1.63. The lowest BCUT2D eigenvalue weighted by atomic mass is 10.2. The van der Waals surface area contributed by atoms with E-state index in [-0.39, 0.29) is 17.6 Å². The summed E-state index contributed by atoms with van der Waals surface area (Å²) in [5.74, 6) is 0.513. The molecule has 3 aromatic rings. The molecule has 2 amide bonds. The first-order valence-corrected chi connectivity index (χ1v) is 10.6. The van der Waals surface area contributed by atoms with Crippen LogP contribution >= 0.6 is 39.3 Å². The van der Waals surface area contributed by atoms with Gasteiger partial charge in [-0.25, -0.2) is 0 Å². The molecule has 0 saturated heterocycles. The van der Waals surface area contributed by atoms with Crippen LogP contribution in [-0.4, -0.2) is 32.3 Å². The summed E-state index contributed by atoms with van der Waals surface area (Å²) >= 11 is 10.7. The minimum absolute atomic E-state index is 0.127. The number of hydrogen-bond donors (Lipinski definition) is 2. The standard InChI is InChI=1S/C19H17BrClN5O2S/c1-11(27)22-14-6-3-12(4-7-14)18-24-25-19(26(18)2)29-10-17(28)23-16-8-5-13(20)9-15(16)21/h3-9H,10H2,1-2H3,(H,22,27)(H,23,28). The smallest absolute Gasteiger partial charge is 0.234 e. The fourth-order valence-electron chi connectivity index (χ4n) is 2.51. The highest BCUT2D eigenvalue weighted by molar-refractivity contribution is 9.10. The zero-order chi connectivity index (χ0) is 21.0. The number of rotatable bonds is 6. The van der Waals surface area contributed by atoms with Crippen LogP contribution in [0.2, 0.25) is 5.02 Å². The molecule has 29 heavy (non-hydrogen) atoms. The predicted molar refractivity (Wildman–Crippen MR) is 119 cm³/mol. The number of thioether (sulfide) groups is 1. The molecule has 0 spiro atoms. The number of hydrogen-bond acceptors (Lipinski definition) is 5. The van der Waals surface area contributed by atoms with Crippen LogP contribution in [0.4, 0.5) is 11.4 Å². The number of carbonyl (C=O) groups excluding carboxylic acids is 2. The molecule has 0 atom stereocenters. The molecule has 1 heterocycles. The molecule has 3 rings (SSSR count). The highest BCUT2D eigenvalue weighted by atomic mass is 79.9. The summed E-state index contributed by atoms with van der Waals surface area (Å²) in [5.41, 5.74) is 2.12. The Morgan fingerprint density at radius 3 is 2.52 bits per heavy atom. The van der Waals surface area contributed by atoms with Crippen molar-refractivity contribution in [3.05, 3.63) is 52.0 Å². The highest BCUT2D eigenvalue weighted by Gasteiger charge is 2.14. The van der Waals surface area contributed by atoms with Crippen LogP contribution in [0.3, 0.4) is 0 Å². The molecular weight excluding hydrogens is 478 g/mol. The summed E-state index contributed by atoms with van der Waals surface area (Å²) in [6.45, 7) is 1.46. The maximum absolute atomic E-state index is 12.2. The predicted octanol–water partition coefficient (Wildman–Crippen LogP) is 4.59. The normalized spacial score (nSPS) is 10.6. The van der Waals surface area contributed by atoms with Gasteiger partial charge in [-0.15, -0.1) is 10.2 Å². The number of amides is 2. The first-order chi connectivity index (χ1) is 13.8. The van der Waals surface area contributed by atoms with Crippen molar-refractivity contribution in [2.24, 2.45) is 7.05 Å². The van der Waals surface area contributed by atoms with Gasteiger partial charge in [-0.2, -0.15) is 0 Å². The number of aromatic nitrogens is 3. The van der Waals surface area contributed by atoms with E-state index in [4.69, 9.17) is 11.6 Å². The van der Waals surface area contributed by atoms with Crippen LogP contribution in [0.1, 0.15) is 6.92 Å². The molecule has 0 unspecified atom stereocenters. The molecule has 0 aliphatic rings. The molecule has 0 fully saturated rings. The largest absolute Gasteiger partial charge is 0.326 e. The second-order valence-electron chi connectivity index (χ2n) is 6.08. The molecule has 0 saturated carbocycles. The fourth-order valence-corrected chi connectivity index (χ4v) is 3.94. The topological polar surface area (TPSA) is 88.9 Å². The van der Waals surface area contributed by atoms with Gasteiger partial charge in [0.25, 0.3) is 0 Å². The van der Waals surface area contributed by atoms with Crippen LogP contribution in [0, 0.1) is 0 Å². The summed E-state index contributed by atoms with van der Waals surface area (Å²) in [6.07, 6.45) is 0. The van der Waals surface area contributed by atoms with Crippen LogP contribution in [0.5, 0.6) is 0 Å². The molecular formula is C19H17BrClN5O2S. The van der Waals surface area contributed by atoms with Crippen LogP contribution in [0.15, 0.2) is 52.1 Å². The van der Waals surface area contributed by atoms with Gasteiger partial charge < -0.3 is 15.2 Å². The highest BCUT2D eigenvalue weighted by Crippen LogP contribution is 2.27. The molecule has 0 aliphatic carbocycles. The molecule has 7 nitrogen and oxygen atoms in total. The second-order valence-corrected chi connectivity index (χ2v) is 8.35. The maximum atomic E-state index is 12.2. The number of halogens is 2. The number of nitrogens with one attached hydrogen (secondary N) is 2. The summed E-state index contributed by atoms with van der Waals surface area (Å²) in [4.78, 5) is 23.4. The lowest BCUT2D eigenvalue weighted by Crippen LogP contribution is -2.14. The van der Waals surface area contributed by atoms with Crippen molar-refractivity contribution in [2.75, 3.05) is 16.4 Å². The summed E-state index contributed by atoms with van der Waals surface area (Å²) in [7, 11) is 1.84. The van der Waals surface area contributed by atoms with Gasteiger partial charge in [-0.3, -0.25) is 9.59 Å². The minimum Gasteiger partial charge on any atom is -0.326 e. The van der Waals surface area contributed by atoms with Gasteiger partial charge in [0.05, 0.1) is 16.5 Å². The summed E-state index contributed by atoms with van der Waals surface area (Å²) in [5, 5.41) is 15.0. The third kappa shape index (κ3) is 5.59. The van der Waals surface area contributed by atoms with Gasteiger partial charge in [-0.05, 0) is 42.5 Å². The molecule has 10 heteroatoms. The number of anilines is 2. The SMILES string of the molecule is CC(=O)Nc1ccc(-c2nnc(SCC(=O)Nc3ccc(Br)cc3Cl)n2C)cc1. The Labute approximate surface area is 185 Å². The molecule has 2 aromatic carbocycles. The molecule has 0 aliphatic heterocycles. The Kier molecular flexibility index (Phi) is 6.94. The Bertz CT molecular complexity index is 1060. The van der Waals surface area contributed by atoms with E-state index in [9.17, 15) is 9.59 Å². The maximum Gasteiger partial charge on any atom is 0.234 e. The van der Waals surface area contributed by atoms with Crippen LogP contribution in [-0.2, 0) is 16.6 Å².